The van der Waals surface area contributed by atoms with Crippen molar-refractivity contribution in [3.05, 3.63) is 40.6 Å². The third kappa shape index (κ3) is 2.06. The van der Waals surface area contributed by atoms with Crippen LogP contribution in [0, 0.1) is 19.8 Å². The van der Waals surface area contributed by atoms with E-state index in [9.17, 15) is 9.90 Å². The highest BCUT2D eigenvalue weighted by Gasteiger charge is 2.50. The fraction of sp³-hybridized carbons (Fsp3) is 0.500. The summed E-state index contributed by atoms with van der Waals surface area (Å²) >= 11 is 0. The van der Waals surface area contributed by atoms with Crippen LogP contribution in [0.3, 0.4) is 0 Å². The predicted octanol–water partition coefficient (Wildman–Crippen LogP) is 3.65. The molecule has 3 rings (SSSR count). The van der Waals surface area contributed by atoms with Gasteiger partial charge in [0.1, 0.15) is 11.3 Å². The zero-order valence-electron chi connectivity index (χ0n) is 13.0. The van der Waals surface area contributed by atoms with Crippen LogP contribution in [0.2, 0.25) is 0 Å². The summed E-state index contributed by atoms with van der Waals surface area (Å²) in [7, 11) is 0. The van der Waals surface area contributed by atoms with E-state index in [0.29, 0.717) is 5.57 Å². The first-order valence-corrected chi connectivity index (χ1v) is 7.79. The number of aliphatic hydroxyl groups is 1. The van der Waals surface area contributed by atoms with E-state index in [-0.39, 0.29) is 17.6 Å². The number of benzene rings is 1. The van der Waals surface area contributed by atoms with Crippen molar-refractivity contribution in [2.75, 3.05) is 0 Å². The highest BCUT2D eigenvalue weighted by Crippen LogP contribution is 2.44. The fourth-order valence-electron chi connectivity index (χ4n) is 3.88. The van der Waals surface area contributed by atoms with Crippen LogP contribution >= 0.6 is 0 Å². The smallest absolute Gasteiger partial charge is 0.256 e. The lowest BCUT2D eigenvalue weighted by atomic mass is 9.73. The number of aliphatic hydroxyl groups excluding tert-OH is 1. The Labute approximate surface area is 126 Å². The molecule has 2 N–H and O–H groups in total. The molecule has 0 saturated heterocycles. The van der Waals surface area contributed by atoms with Crippen LogP contribution in [-0.2, 0) is 4.79 Å². The van der Waals surface area contributed by atoms with Crippen LogP contribution in [0.1, 0.15) is 49.3 Å². The van der Waals surface area contributed by atoms with Gasteiger partial charge in [-0.1, -0.05) is 43.5 Å². The Kier molecular flexibility index (Phi) is 3.31. The van der Waals surface area contributed by atoms with Gasteiger partial charge in [0.15, 0.2) is 0 Å². The Morgan fingerprint density at radius 1 is 1.29 bits per heavy atom. The Morgan fingerprint density at radius 3 is 2.71 bits per heavy atom. The monoisotopic (exact) mass is 285 g/mol. The minimum absolute atomic E-state index is 0.131. The van der Waals surface area contributed by atoms with Crippen LogP contribution in [0.4, 0.5) is 0 Å². The molecule has 1 fully saturated rings. The summed E-state index contributed by atoms with van der Waals surface area (Å²) in [4.78, 5) is 12.5. The molecular formula is C18H23NO2. The highest BCUT2D eigenvalue weighted by atomic mass is 16.3. The van der Waals surface area contributed by atoms with E-state index in [1.54, 1.807) is 0 Å². The number of carbonyl (C=O) groups is 1. The van der Waals surface area contributed by atoms with E-state index >= 15 is 0 Å². The summed E-state index contributed by atoms with van der Waals surface area (Å²) in [6.07, 6.45) is 4.10. The summed E-state index contributed by atoms with van der Waals surface area (Å²) in [6, 6.07) is 5.99. The van der Waals surface area contributed by atoms with Gasteiger partial charge in [-0.25, -0.2) is 0 Å². The van der Waals surface area contributed by atoms with Gasteiger partial charge < -0.3 is 10.4 Å². The molecule has 0 radical (unpaired) electrons. The van der Waals surface area contributed by atoms with Crippen LogP contribution in [-0.4, -0.2) is 16.6 Å². The molecular weight excluding hydrogens is 262 g/mol. The Bertz CT molecular complexity index is 632. The van der Waals surface area contributed by atoms with Crippen molar-refractivity contribution in [2.24, 2.45) is 5.92 Å². The molecule has 21 heavy (non-hydrogen) atoms. The molecule has 1 aliphatic heterocycles. The molecule has 1 amide bonds. The molecule has 1 heterocycles. The Balaban J connectivity index is 2.12. The van der Waals surface area contributed by atoms with Gasteiger partial charge in [0, 0.05) is 0 Å². The van der Waals surface area contributed by atoms with Crippen LogP contribution in [0.25, 0.3) is 5.57 Å². The topological polar surface area (TPSA) is 49.3 Å². The summed E-state index contributed by atoms with van der Waals surface area (Å²) in [5.41, 5.74) is 2.98. The van der Waals surface area contributed by atoms with Crippen molar-refractivity contribution in [3.8, 4) is 0 Å². The average molecular weight is 285 g/mol. The lowest BCUT2D eigenvalue weighted by Crippen LogP contribution is -2.51. The largest absolute Gasteiger partial charge is 0.509 e. The third-order valence-electron chi connectivity index (χ3n) is 5.17. The first-order valence-electron chi connectivity index (χ1n) is 7.79. The highest BCUT2D eigenvalue weighted by molar-refractivity contribution is 6.23. The molecule has 2 unspecified atom stereocenters. The van der Waals surface area contributed by atoms with Crippen molar-refractivity contribution in [1.29, 1.82) is 0 Å². The second-order valence-electron chi connectivity index (χ2n) is 6.61. The van der Waals surface area contributed by atoms with Crippen molar-refractivity contribution in [2.45, 2.75) is 52.0 Å². The summed E-state index contributed by atoms with van der Waals surface area (Å²) in [6.45, 7) is 6.15. The normalized spacial score (nSPS) is 29.1. The number of rotatable bonds is 1. The standard InChI is InChI=1S/C18H23NO2/c1-11-7-8-14(12(2)10-11)15-16(20)18(19-17(15)21)9-5-4-6-13(18)3/h7-8,10,13,20H,4-6,9H2,1-3H3,(H,19,21). The second kappa shape index (κ2) is 4.90. The first kappa shape index (κ1) is 14.2. The minimum Gasteiger partial charge on any atom is -0.509 e. The molecule has 3 heteroatoms. The zero-order valence-corrected chi connectivity index (χ0v) is 13.0. The van der Waals surface area contributed by atoms with Crippen molar-refractivity contribution >= 4 is 11.5 Å². The number of aryl methyl sites for hydroxylation is 2. The third-order valence-corrected chi connectivity index (χ3v) is 5.17. The quantitative estimate of drug-likeness (QED) is 0.827. The molecule has 1 aromatic carbocycles. The van der Waals surface area contributed by atoms with Gasteiger partial charge in [-0.2, -0.15) is 0 Å². The first-order chi connectivity index (χ1) is 9.95. The van der Waals surface area contributed by atoms with E-state index in [1.807, 2.05) is 26.0 Å². The van der Waals surface area contributed by atoms with Crippen LogP contribution < -0.4 is 5.32 Å². The van der Waals surface area contributed by atoms with E-state index in [1.165, 1.54) is 6.42 Å². The lowest BCUT2D eigenvalue weighted by molar-refractivity contribution is -0.117. The summed E-state index contributed by atoms with van der Waals surface area (Å²) in [5, 5.41) is 13.9. The number of hydrogen-bond acceptors (Lipinski definition) is 2. The van der Waals surface area contributed by atoms with E-state index < -0.39 is 5.54 Å². The SMILES string of the molecule is Cc1ccc(C2=C(O)C3(CCCCC3C)NC2=O)c(C)c1. The lowest BCUT2D eigenvalue weighted by Gasteiger charge is -2.39. The van der Waals surface area contributed by atoms with Crippen molar-refractivity contribution in [1.82, 2.24) is 5.32 Å². The van der Waals surface area contributed by atoms with E-state index in [2.05, 4.69) is 18.3 Å². The van der Waals surface area contributed by atoms with Gasteiger partial charge in [0.25, 0.3) is 5.91 Å². The number of hydrogen-bond donors (Lipinski definition) is 2. The van der Waals surface area contributed by atoms with Gasteiger partial charge in [0.2, 0.25) is 0 Å². The van der Waals surface area contributed by atoms with Crippen LogP contribution in [0.5, 0.6) is 0 Å². The van der Waals surface area contributed by atoms with Gasteiger partial charge in [-0.3, -0.25) is 4.79 Å². The maximum atomic E-state index is 12.5. The maximum absolute atomic E-state index is 12.5. The maximum Gasteiger partial charge on any atom is 0.256 e. The van der Waals surface area contributed by atoms with E-state index in [0.717, 1.165) is 36.0 Å². The van der Waals surface area contributed by atoms with Crippen molar-refractivity contribution in [3.63, 3.8) is 0 Å². The molecule has 3 nitrogen and oxygen atoms in total. The van der Waals surface area contributed by atoms with E-state index in [4.69, 9.17) is 0 Å². The Morgan fingerprint density at radius 2 is 2.05 bits per heavy atom. The van der Waals surface area contributed by atoms with Gasteiger partial charge in [-0.05, 0) is 43.7 Å². The van der Waals surface area contributed by atoms with Crippen molar-refractivity contribution < 1.29 is 9.90 Å². The number of amides is 1. The second-order valence-corrected chi connectivity index (χ2v) is 6.61. The van der Waals surface area contributed by atoms with Crippen LogP contribution in [0.15, 0.2) is 24.0 Å². The molecule has 1 aromatic rings. The minimum atomic E-state index is -0.540. The molecule has 1 aliphatic carbocycles. The molecule has 1 saturated carbocycles. The zero-order chi connectivity index (χ0) is 15.2. The Hall–Kier alpha value is -1.77. The summed E-state index contributed by atoms with van der Waals surface area (Å²) in [5.74, 6) is 0.401. The average Bonchev–Trinajstić information content (AvgIpc) is 2.67. The van der Waals surface area contributed by atoms with Gasteiger partial charge in [-0.15, -0.1) is 0 Å². The molecule has 1 spiro atoms. The molecule has 0 bridgehead atoms. The number of carbonyl (C=O) groups excluding carboxylic acids is 1. The molecule has 2 aliphatic rings. The predicted molar refractivity (Wildman–Crippen MR) is 84.0 cm³/mol. The fourth-order valence-corrected chi connectivity index (χ4v) is 3.88. The van der Waals surface area contributed by atoms with Gasteiger partial charge >= 0.3 is 0 Å². The van der Waals surface area contributed by atoms with Gasteiger partial charge in [0.05, 0.1) is 5.57 Å². The number of nitrogens with one attached hydrogen (secondary N) is 1. The summed E-state index contributed by atoms with van der Waals surface area (Å²) < 4.78 is 0. The molecule has 112 valence electrons. The molecule has 0 aromatic heterocycles. The molecule has 2 atom stereocenters.